The molecule has 0 N–H and O–H groups in total. The molecule has 118 valence electrons. The zero-order valence-corrected chi connectivity index (χ0v) is 13.3. The highest BCUT2D eigenvalue weighted by Gasteiger charge is 2.28. The number of carbonyl (C=O) groups is 1. The molecule has 0 saturated heterocycles. The Morgan fingerprint density at radius 2 is 1.96 bits per heavy atom. The highest BCUT2D eigenvalue weighted by atomic mass is 35.5. The van der Waals surface area contributed by atoms with Crippen molar-refractivity contribution in [2.24, 2.45) is 0 Å². The molecular formula is C18H15ClFNO2. The summed E-state index contributed by atoms with van der Waals surface area (Å²) in [5.41, 5.74) is 1.30. The molecule has 2 rings (SSSR count). The molecule has 3 nitrogen and oxygen atoms in total. The standard InChI is InChI=1S/C18H15ClFNO2/c1-23-18(22)10-16(12-5-7-14(19)8-6-12)17(11-21)13-3-2-4-15(20)9-13/h2-9,16-17H,10H2,1H3. The highest BCUT2D eigenvalue weighted by Crippen LogP contribution is 2.36. The van der Waals surface area contributed by atoms with E-state index in [1.165, 1.54) is 19.2 Å². The van der Waals surface area contributed by atoms with Gasteiger partial charge in [-0.25, -0.2) is 4.39 Å². The number of nitrogens with zero attached hydrogens (tertiary/aromatic N) is 1. The quantitative estimate of drug-likeness (QED) is 0.761. The van der Waals surface area contributed by atoms with Gasteiger partial charge in [-0.15, -0.1) is 0 Å². The van der Waals surface area contributed by atoms with Gasteiger partial charge in [0, 0.05) is 10.9 Å². The van der Waals surface area contributed by atoms with Crippen LogP contribution in [0.15, 0.2) is 48.5 Å². The van der Waals surface area contributed by atoms with Gasteiger partial charge in [0.15, 0.2) is 0 Å². The van der Waals surface area contributed by atoms with E-state index in [1.807, 2.05) is 0 Å². The van der Waals surface area contributed by atoms with Gasteiger partial charge in [-0.05, 0) is 35.4 Å². The first-order valence-corrected chi connectivity index (χ1v) is 7.40. The number of ether oxygens (including phenoxy) is 1. The Morgan fingerprint density at radius 1 is 1.26 bits per heavy atom. The summed E-state index contributed by atoms with van der Waals surface area (Å²) in [6, 6.07) is 15.0. The third-order valence-corrected chi connectivity index (χ3v) is 3.91. The molecule has 0 aliphatic heterocycles. The lowest BCUT2D eigenvalue weighted by Crippen LogP contribution is -2.16. The highest BCUT2D eigenvalue weighted by molar-refractivity contribution is 6.30. The Balaban J connectivity index is 2.44. The maximum Gasteiger partial charge on any atom is 0.306 e. The number of benzene rings is 2. The van der Waals surface area contributed by atoms with Crippen LogP contribution in [0.5, 0.6) is 0 Å². The monoisotopic (exact) mass is 331 g/mol. The van der Waals surface area contributed by atoms with E-state index in [1.54, 1.807) is 36.4 Å². The average Bonchev–Trinajstić information content (AvgIpc) is 2.55. The summed E-state index contributed by atoms with van der Waals surface area (Å²) in [6.45, 7) is 0. The molecule has 0 spiro atoms. The van der Waals surface area contributed by atoms with Crippen molar-refractivity contribution >= 4 is 17.6 Å². The molecule has 0 aliphatic rings. The fraction of sp³-hybridized carbons (Fsp3) is 0.222. The third kappa shape index (κ3) is 4.30. The van der Waals surface area contributed by atoms with E-state index in [-0.39, 0.29) is 6.42 Å². The van der Waals surface area contributed by atoms with Gasteiger partial charge in [-0.2, -0.15) is 5.26 Å². The second-order valence-electron chi connectivity index (χ2n) is 5.10. The number of methoxy groups -OCH3 is 1. The predicted molar refractivity (Wildman–Crippen MR) is 85.6 cm³/mol. The SMILES string of the molecule is COC(=O)CC(c1ccc(Cl)cc1)C(C#N)c1cccc(F)c1. The first-order valence-electron chi connectivity index (χ1n) is 7.02. The van der Waals surface area contributed by atoms with Crippen LogP contribution in [0.3, 0.4) is 0 Å². The average molecular weight is 332 g/mol. The summed E-state index contributed by atoms with van der Waals surface area (Å²) in [5.74, 6) is -1.98. The largest absolute Gasteiger partial charge is 0.469 e. The number of hydrogen-bond acceptors (Lipinski definition) is 3. The van der Waals surface area contributed by atoms with Crippen LogP contribution in [0.1, 0.15) is 29.4 Å². The fourth-order valence-corrected chi connectivity index (χ4v) is 2.62. The summed E-state index contributed by atoms with van der Waals surface area (Å²) in [6.07, 6.45) is 0.0207. The van der Waals surface area contributed by atoms with Gasteiger partial charge in [-0.3, -0.25) is 4.79 Å². The van der Waals surface area contributed by atoms with Crippen molar-refractivity contribution in [3.05, 3.63) is 70.5 Å². The van der Waals surface area contributed by atoms with Crippen molar-refractivity contribution in [2.45, 2.75) is 18.3 Å². The number of nitriles is 1. The molecule has 2 aromatic carbocycles. The first kappa shape index (κ1) is 17.0. The van der Waals surface area contributed by atoms with Crippen molar-refractivity contribution in [3.8, 4) is 6.07 Å². The summed E-state index contributed by atoms with van der Waals surface area (Å²) in [5, 5.41) is 10.2. The number of hydrogen-bond donors (Lipinski definition) is 0. The van der Waals surface area contributed by atoms with Gasteiger partial charge in [-0.1, -0.05) is 35.9 Å². The van der Waals surface area contributed by atoms with Gasteiger partial charge >= 0.3 is 5.97 Å². The van der Waals surface area contributed by atoms with E-state index < -0.39 is 23.6 Å². The number of rotatable bonds is 5. The minimum atomic E-state index is -0.675. The van der Waals surface area contributed by atoms with Crippen molar-refractivity contribution < 1.29 is 13.9 Å². The zero-order valence-electron chi connectivity index (χ0n) is 12.5. The lowest BCUT2D eigenvalue weighted by molar-refractivity contribution is -0.141. The van der Waals surface area contributed by atoms with E-state index in [0.29, 0.717) is 10.6 Å². The smallest absolute Gasteiger partial charge is 0.306 e. The minimum absolute atomic E-state index is 0.0207. The number of carbonyl (C=O) groups excluding carboxylic acids is 1. The summed E-state index contributed by atoms with van der Waals surface area (Å²) in [4.78, 5) is 11.7. The molecule has 2 atom stereocenters. The lowest BCUT2D eigenvalue weighted by atomic mass is 9.80. The van der Waals surface area contributed by atoms with Crippen molar-refractivity contribution in [2.75, 3.05) is 7.11 Å². The van der Waals surface area contributed by atoms with E-state index >= 15 is 0 Å². The molecule has 0 aliphatic carbocycles. The van der Waals surface area contributed by atoms with E-state index in [2.05, 4.69) is 6.07 Å². The Morgan fingerprint density at radius 3 is 2.52 bits per heavy atom. The van der Waals surface area contributed by atoms with Crippen LogP contribution in [0.2, 0.25) is 5.02 Å². The van der Waals surface area contributed by atoms with Crippen molar-refractivity contribution in [3.63, 3.8) is 0 Å². The minimum Gasteiger partial charge on any atom is -0.469 e. The third-order valence-electron chi connectivity index (χ3n) is 3.66. The van der Waals surface area contributed by atoms with Crippen LogP contribution < -0.4 is 0 Å². The normalized spacial score (nSPS) is 13.0. The lowest BCUT2D eigenvalue weighted by Gasteiger charge is -2.22. The molecule has 2 aromatic rings. The van der Waals surface area contributed by atoms with E-state index in [9.17, 15) is 14.4 Å². The Kier molecular flexibility index (Phi) is 5.72. The Bertz CT molecular complexity index is 725. The van der Waals surface area contributed by atoms with Crippen molar-refractivity contribution in [1.82, 2.24) is 0 Å². The second-order valence-corrected chi connectivity index (χ2v) is 5.54. The molecular weight excluding hydrogens is 317 g/mol. The van der Waals surface area contributed by atoms with E-state index in [4.69, 9.17) is 16.3 Å². The molecule has 5 heteroatoms. The molecule has 0 radical (unpaired) electrons. The summed E-state index contributed by atoms with van der Waals surface area (Å²) >= 11 is 5.89. The molecule has 23 heavy (non-hydrogen) atoms. The van der Waals surface area contributed by atoms with Gasteiger partial charge in [0.1, 0.15) is 5.82 Å². The molecule has 0 saturated carbocycles. The van der Waals surface area contributed by atoms with Gasteiger partial charge in [0.05, 0.1) is 25.5 Å². The second kappa shape index (κ2) is 7.75. The van der Waals surface area contributed by atoms with Crippen LogP contribution in [0.4, 0.5) is 4.39 Å². The van der Waals surface area contributed by atoms with Crippen molar-refractivity contribution in [1.29, 1.82) is 5.26 Å². The first-order chi connectivity index (χ1) is 11.0. The Hall–Kier alpha value is -2.38. The molecule has 0 amide bonds. The molecule has 2 unspecified atom stereocenters. The van der Waals surface area contributed by atoms with Crippen LogP contribution in [0.25, 0.3) is 0 Å². The predicted octanol–water partition coefficient (Wildman–Crippen LogP) is 4.43. The maximum absolute atomic E-state index is 13.5. The molecule has 0 bridgehead atoms. The summed E-state index contributed by atoms with van der Waals surface area (Å²) < 4.78 is 18.2. The van der Waals surface area contributed by atoms with Crippen LogP contribution >= 0.6 is 11.6 Å². The van der Waals surface area contributed by atoms with Crippen LogP contribution in [-0.4, -0.2) is 13.1 Å². The number of halogens is 2. The Labute approximate surface area is 139 Å². The maximum atomic E-state index is 13.5. The summed E-state index contributed by atoms with van der Waals surface area (Å²) in [7, 11) is 1.30. The fourth-order valence-electron chi connectivity index (χ4n) is 2.50. The van der Waals surface area contributed by atoms with Gasteiger partial charge in [0.2, 0.25) is 0 Å². The van der Waals surface area contributed by atoms with Gasteiger partial charge in [0.25, 0.3) is 0 Å². The number of esters is 1. The topological polar surface area (TPSA) is 50.1 Å². The van der Waals surface area contributed by atoms with E-state index in [0.717, 1.165) is 5.56 Å². The van der Waals surface area contributed by atoms with Gasteiger partial charge < -0.3 is 4.74 Å². The molecule has 0 fully saturated rings. The molecule has 0 aromatic heterocycles. The van der Waals surface area contributed by atoms with Crippen LogP contribution in [0, 0.1) is 17.1 Å². The van der Waals surface area contributed by atoms with Crippen LogP contribution in [-0.2, 0) is 9.53 Å². The zero-order chi connectivity index (χ0) is 16.8. The molecule has 0 heterocycles.